The lowest BCUT2D eigenvalue weighted by Crippen LogP contribution is -2.47. The van der Waals surface area contributed by atoms with E-state index in [2.05, 4.69) is 17.1 Å². The third kappa shape index (κ3) is 9.87. The molecular formula is C29H42N2O6. The third-order valence-corrected chi connectivity index (χ3v) is 6.58. The van der Waals surface area contributed by atoms with Crippen molar-refractivity contribution in [2.75, 3.05) is 40.0 Å². The van der Waals surface area contributed by atoms with E-state index in [1.165, 1.54) is 12.8 Å². The zero-order valence-corrected chi connectivity index (χ0v) is 22.1. The number of unbranched alkanes of at least 4 members (excludes halogenated alkanes) is 3. The maximum atomic E-state index is 12.8. The summed E-state index contributed by atoms with van der Waals surface area (Å²) >= 11 is 0. The molecule has 0 aliphatic carbocycles. The maximum absolute atomic E-state index is 12.8. The Hall–Kier alpha value is -2.81. The van der Waals surface area contributed by atoms with Gasteiger partial charge in [-0.3, -0.25) is 9.69 Å². The minimum Gasteiger partial charge on any atom is -0.497 e. The fourth-order valence-electron chi connectivity index (χ4n) is 4.41. The van der Waals surface area contributed by atoms with Crippen LogP contribution in [0.1, 0.15) is 57.1 Å². The van der Waals surface area contributed by atoms with Crippen LogP contribution in [0, 0.1) is 0 Å². The molecular weight excluding hydrogens is 472 g/mol. The molecule has 8 heteroatoms. The zero-order valence-electron chi connectivity index (χ0n) is 22.1. The summed E-state index contributed by atoms with van der Waals surface area (Å²) in [6, 6.07) is 14.1. The second-order valence-electron chi connectivity index (χ2n) is 9.57. The summed E-state index contributed by atoms with van der Waals surface area (Å²) in [5.74, 6) is 1.96. The zero-order chi connectivity index (χ0) is 26.5. The number of aliphatic hydroxyl groups is 2. The number of nitrogens with zero attached hydrogens (tertiary/aromatic N) is 1. The van der Waals surface area contributed by atoms with Crippen LogP contribution in [0.4, 0.5) is 0 Å². The number of ether oxygens (including phenoxy) is 3. The second-order valence-corrected chi connectivity index (χ2v) is 9.57. The van der Waals surface area contributed by atoms with Crippen molar-refractivity contribution in [1.82, 2.24) is 10.2 Å². The van der Waals surface area contributed by atoms with Gasteiger partial charge in [0.05, 0.1) is 38.9 Å². The number of methoxy groups -OCH3 is 1. The van der Waals surface area contributed by atoms with E-state index in [0.29, 0.717) is 37.4 Å². The molecule has 1 aliphatic heterocycles. The topological polar surface area (TPSA) is 100 Å². The first kappa shape index (κ1) is 28.8. The van der Waals surface area contributed by atoms with Crippen molar-refractivity contribution in [3.05, 3.63) is 54.1 Å². The Bertz CT molecular complexity index is 921. The van der Waals surface area contributed by atoms with E-state index in [1.54, 1.807) is 31.4 Å². The maximum Gasteiger partial charge on any atom is 0.223 e. The number of aliphatic hydroxyl groups excluding tert-OH is 2. The highest BCUT2D eigenvalue weighted by molar-refractivity contribution is 5.76. The van der Waals surface area contributed by atoms with Crippen LogP contribution in [0.25, 0.3) is 0 Å². The van der Waals surface area contributed by atoms with Crippen LogP contribution in [0.5, 0.6) is 17.2 Å². The van der Waals surface area contributed by atoms with Gasteiger partial charge in [-0.2, -0.15) is 0 Å². The molecule has 0 bridgehead atoms. The van der Waals surface area contributed by atoms with Gasteiger partial charge in [0, 0.05) is 19.6 Å². The molecule has 0 aromatic heterocycles. The van der Waals surface area contributed by atoms with Crippen LogP contribution in [0.3, 0.4) is 0 Å². The van der Waals surface area contributed by atoms with Gasteiger partial charge in [0.2, 0.25) is 5.91 Å². The molecule has 3 N–H and O–H groups in total. The predicted octanol–water partition coefficient (Wildman–Crippen LogP) is 3.71. The monoisotopic (exact) mass is 514 g/mol. The van der Waals surface area contributed by atoms with E-state index in [1.807, 2.05) is 24.3 Å². The Kier molecular flexibility index (Phi) is 12.0. The van der Waals surface area contributed by atoms with Crippen LogP contribution in [0.15, 0.2) is 48.5 Å². The van der Waals surface area contributed by atoms with Crippen LogP contribution >= 0.6 is 0 Å². The highest BCUT2D eigenvalue weighted by Gasteiger charge is 2.29. The Balaban J connectivity index is 1.54. The molecule has 2 aromatic rings. The fraction of sp³-hybridized carbons (Fsp3) is 0.552. The molecule has 3 atom stereocenters. The molecule has 1 saturated heterocycles. The summed E-state index contributed by atoms with van der Waals surface area (Å²) in [6.07, 6.45) is 4.16. The Morgan fingerprint density at radius 2 is 1.65 bits per heavy atom. The van der Waals surface area contributed by atoms with Crippen molar-refractivity contribution in [3.63, 3.8) is 0 Å². The van der Waals surface area contributed by atoms with Crippen molar-refractivity contribution in [2.24, 2.45) is 0 Å². The van der Waals surface area contributed by atoms with Crippen molar-refractivity contribution in [1.29, 1.82) is 0 Å². The van der Waals surface area contributed by atoms with Crippen molar-refractivity contribution >= 4 is 5.91 Å². The van der Waals surface area contributed by atoms with E-state index >= 15 is 0 Å². The van der Waals surface area contributed by atoms with Gasteiger partial charge in [-0.25, -0.2) is 0 Å². The van der Waals surface area contributed by atoms with E-state index in [0.717, 1.165) is 30.9 Å². The lowest BCUT2D eigenvalue weighted by atomic mass is 10.0. The SMILES string of the molecule is CCCCCCOc1ccc([C@@H](O)[C@@H](CN2CC[C@H](O)C2)NC(=O)CCOc2ccc(OC)cc2)cc1. The number of nitrogens with one attached hydrogen (secondary N) is 1. The Labute approximate surface area is 220 Å². The highest BCUT2D eigenvalue weighted by Crippen LogP contribution is 2.23. The van der Waals surface area contributed by atoms with Gasteiger partial charge in [-0.05, 0) is 54.8 Å². The molecule has 1 amide bonds. The number of benzene rings is 2. The molecule has 1 aliphatic rings. The minimum atomic E-state index is -0.900. The smallest absolute Gasteiger partial charge is 0.223 e. The molecule has 2 aromatic carbocycles. The number of hydrogen-bond donors (Lipinski definition) is 3. The summed E-state index contributed by atoms with van der Waals surface area (Å²) in [4.78, 5) is 14.8. The molecule has 1 fully saturated rings. The van der Waals surface area contributed by atoms with Crippen molar-refractivity contribution < 1.29 is 29.2 Å². The fourth-order valence-corrected chi connectivity index (χ4v) is 4.41. The number of carbonyl (C=O) groups excluding carboxylic acids is 1. The van der Waals surface area contributed by atoms with Gasteiger partial charge in [-0.15, -0.1) is 0 Å². The molecule has 37 heavy (non-hydrogen) atoms. The summed E-state index contributed by atoms with van der Waals surface area (Å²) in [5, 5.41) is 24.1. The van der Waals surface area contributed by atoms with Gasteiger partial charge in [-0.1, -0.05) is 38.3 Å². The number of likely N-dealkylation sites (tertiary alicyclic amines) is 1. The molecule has 0 unspecified atom stereocenters. The van der Waals surface area contributed by atoms with E-state index < -0.39 is 12.1 Å². The molecule has 204 valence electrons. The molecule has 1 heterocycles. The van der Waals surface area contributed by atoms with Crippen molar-refractivity contribution in [2.45, 2.75) is 63.7 Å². The van der Waals surface area contributed by atoms with E-state index in [9.17, 15) is 15.0 Å². The predicted molar refractivity (Wildman–Crippen MR) is 143 cm³/mol. The Morgan fingerprint density at radius 3 is 2.27 bits per heavy atom. The number of hydrogen-bond acceptors (Lipinski definition) is 7. The van der Waals surface area contributed by atoms with Crippen LogP contribution in [-0.2, 0) is 4.79 Å². The quantitative estimate of drug-likeness (QED) is 0.294. The first-order valence-corrected chi connectivity index (χ1v) is 13.4. The van der Waals surface area contributed by atoms with Crippen molar-refractivity contribution in [3.8, 4) is 17.2 Å². The van der Waals surface area contributed by atoms with Gasteiger partial charge >= 0.3 is 0 Å². The van der Waals surface area contributed by atoms with Gasteiger partial charge < -0.3 is 29.7 Å². The first-order chi connectivity index (χ1) is 18.0. The average Bonchev–Trinajstić information content (AvgIpc) is 3.33. The molecule has 0 radical (unpaired) electrons. The van der Waals surface area contributed by atoms with Gasteiger partial charge in [0.15, 0.2) is 0 Å². The van der Waals surface area contributed by atoms with Gasteiger partial charge in [0.25, 0.3) is 0 Å². The lowest BCUT2D eigenvalue weighted by molar-refractivity contribution is -0.123. The summed E-state index contributed by atoms with van der Waals surface area (Å²) in [7, 11) is 1.60. The van der Waals surface area contributed by atoms with E-state index in [4.69, 9.17) is 14.2 Å². The normalized spacial score (nSPS) is 17.2. The third-order valence-electron chi connectivity index (χ3n) is 6.58. The van der Waals surface area contributed by atoms with Crippen LogP contribution < -0.4 is 19.5 Å². The van der Waals surface area contributed by atoms with Crippen LogP contribution in [0.2, 0.25) is 0 Å². The largest absolute Gasteiger partial charge is 0.497 e. The molecule has 3 rings (SSSR count). The van der Waals surface area contributed by atoms with E-state index in [-0.39, 0.29) is 25.0 Å². The van der Waals surface area contributed by atoms with Crippen LogP contribution in [-0.4, -0.2) is 73.1 Å². The lowest BCUT2D eigenvalue weighted by Gasteiger charge is -2.29. The number of amides is 1. The number of rotatable bonds is 16. The Morgan fingerprint density at radius 1 is 1.00 bits per heavy atom. The molecule has 0 saturated carbocycles. The van der Waals surface area contributed by atoms with Gasteiger partial charge in [0.1, 0.15) is 23.4 Å². The standard InChI is InChI=1S/C29H42N2O6/c1-3-4-5-6-18-36-25-9-7-22(8-10-25)29(34)27(21-31-17-15-23(32)20-31)30-28(33)16-19-37-26-13-11-24(35-2)12-14-26/h7-14,23,27,29,32,34H,3-6,15-21H2,1-2H3,(H,30,33)/t23-,27+,29+/m0/s1. The number of β-amino-alcohol motifs (C(OH)–C–C–N with tert-alkyl or cyclic N) is 1. The summed E-state index contributed by atoms with van der Waals surface area (Å²) < 4.78 is 16.6. The average molecular weight is 515 g/mol. The number of carbonyl (C=O) groups is 1. The molecule has 0 spiro atoms. The first-order valence-electron chi connectivity index (χ1n) is 13.4. The minimum absolute atomic E-state index is 0.155. The summed E-state index contributed by atoms with van der Waals surface area (Å²) in [6.45, 7) is 4.78. The molecule has 8 nitrogen and oxygen atoms in total. The summed E-state index contributed by atoms with van der Waals surface area (Å²) in [5.41, 5.74) is 0.706. The second kappa shape index (κ2) is 15.4. The highest BCUT2D eigenvalue weighted by atomic mass is 16.5.